The van der Waals surface area contributed by atoms with Crippen LogP contribution in [0.2, 0.25) is 0 Å². The van der Waals surface area contributed by atoms with Crippen molar-refractivity contribution >= 4 is 5.91 Å². The van der Waals surface area contributed by atoms with Crippen molar-refractivity contribution in [3.63, 3.8) is 0 Å². The largest absolute Gasteiger partial charge is 0.337 e. The highest BCUT2D eigenvalue weighted by atomic mass is 16.2. The van der Waals surface area contributed by atoms with Crippen molar-refractivity contribution in [2.45, 2.75) is 32.7 Å². The third kappa shape index (κ3) is 2.87. The van der Waals surface area contributed by atoms with Crippen LogP contribution in [0.15, 0.2) is 6.20 Å². The number of carbonyl (C=O) groups excluding carboxylic acids is 1. The highest BCUT2D eigenvalue weighted by Gasteiger charge is 2.27. The maximum Gasteiger partial charge on any atom is 0.276 e. The van der Waals surface area contributed by atoms with E-state index in [4.69, 9.17) is 5.73 Å². The van der Waals surface area contributed by atoms with Gasteiger partial charge in [0.05, 0.1) is 12.7 Å². The second-order valence-electron chi connectivity index (χ2n) is 4.85. The van der Waals surface area contributed by atoms with Crippen LogP contribution >= 0.6 is 0 Å². The third-order valence-electron chi connectivity index (χ3n) is 3.39. The Bertz CT molecular complexity index is 403. The van der Waals surface area contributed by atoms with Gasteiger partial charge in [0.25, 0.3) is 5.91 Å². The summed E-state index contributed by atoms with van der Waals surface area (Å²) >= 11 is 0. The monoisotopic (exact) mass is 251 g/mol. The average molecular weight is 251 g/mol. The van der Waals surface area contributed by atoms with E-state index in [1.165, 1.54) is 12.8 Å². The van der Waals surface area contributed by atoms with Gasteiger partial charge in [0.2, 0.25) is 0 Å². The topological polar surface area (TPSA) is 77.0 Å². The van der Waals surface area contributed by atoms with Gasteiger partial charge in [-0.1, -0.05) is 18.6 Å². The quantitative estimate of drug-likeness (QED) is 0.826. The number of rotatable bonds is 5. The van der Waals surface area contributed by atoms with Crippen LogP contribution in [0.25, 0.3) is 0 Å². The van der Waals surface area contributed by atoms with Crippen molar-refractivity contribution in [1.29, 1.82) is 0 Å². The molecule has 0 aliphatic carbocycles. The Kier molecular flexibility index (Phi) is 4.30. The maximum atomic E-state index is 12.2. The minimum atomic E-state index is -0.00289. The van der Waals surface area contributed by atoms with E-state index in [1.807, 2.05) is 4.90 Å². The lowest BCUT2D eigenvalue weighted by Crippen LogP contribution is -2.29. The molecule has 1 saturated heterocycles. The Morgan fingerprint density at radius 1 is 1.61 bits per heavy atom. The average Bonchev–Trinajstić information content (AvgIpc) is 2.98. The molecule has 1 aromatic heterocycles. The summed E-state index contributed by atoms with van der Waals surface area (Å²) in [5.74, 6) is 0.648. The highest BCUT2D eigenvalue weighted by Crippen LogP contribution is 2.21. The van der Waals surface area contributed by atoms with E-state index < -0.39 is 0 Å². The van der Waals surface area contributed by atoms with Crippen molar-refractivity contribution in [2.75, 3.05) is 19.6 Å². The molecular formula is C12H21N5O. The lowest BCUT2D eigenvalue weighted by Gasteiger charge is -2.14. The molecule has 0 spiro atoms. The Hall–Kier alpha value is -1.43. The number of nitrogens with zero attached hydrogens (tertiary/aromatic N) is 4. The van der Waals surface area contributed by atoms with Crippen LogP contribution in [-0.2, 0) is 6.54 Å². The lowest BCUT2D eigenvalue weighted by atomic mass is 10.0. The summed E-state index contributed by atoms with van der Waals surface area (Å²) in [5.41, 5.74) is 5.87. The van der Waals surface area contributed by atoms with Crippen LogP contribution in [0, 0.1) is 5.92 Å². The SMILES string of the molecule is CCCC1CCN(C(=O)c2cn(CCN)nn2)C1. The molecule has 1 aliphatic heterocycles. The summed E-state index contributed by atoms with van der Waals surface area (Å²) in [6, 6.07) is 0. The van der Waals surface area contributed by atoms with Gasteiger partial charge in [-0.2, -0.15) is 0 Å². The fourth-order valence-corrected chi connectivity index (χ4v) is 2.46. The van der Waals surface area contributed by atoms with Crippen LogP contribution in [-0.4, -0.2) is 45.4 Å². The van der Waals surface area contributed by atoms with E-state index in [-0.39, 0.29) is 5.91 Å². The van der Waals surface area contributed by atoms with Crippen LogP contribution in [0.1, 0.15) is 36.7 Å². The minimum absolute atomic E-state index is 0.00289. The molecule has 6 nitrogen and oxygen atoms in total. The fraction of sp³-hybridized carbons (Fsp3) is 0.750. The van der Waals surface area contributed by atoms with Crippen molar-refractivity contribution in [3.8, 4) is 0 Å². The predicted molar refractivity (Wildman–Crippen MR) is 68.0 cm³/mol. The summed E-state index contributed by atoms with van der Waals surface area (Å²) in [5, 5.41) is 7.81. The van der Waals surface area contributed by atoms with E-state index >= 15 is 0 Å². The zero-order valence-electron chi connectivity index (χ0n) is 10.9. The number of hydrogen-bond acceptors (Lipinski definition) is 4. The molecule has 18 heavy (non-hydrogen) atoms. The molecule has 1 unspecified atom stereocenters. The second-order valence-corrected chi connectivity index (χ2v) is 4.85. The first-order chi connectivity index (χ1) is 8.74. The maximum absolute atomic E-state index is 12.2. The molecule has 1 atom stereocenters. The van der Waals surface area contributed by atoms with Gasteiger partial charge >= 0.3 is 0 Å². The number of hydrogen-bond donors (Lipinski definition) is 1. The molecule has 1 aromatic rings. The predicted octanol–water partition coefficient (Wildman–Crippen LogP) is 0.499. The summed E-state index contributed by atoms with van der Waals surface area (Å²) in [7, 11) is 0. The number of amides is 1. The molecule has 1 aliphatic rings. The van der Waals surface area contributed by atoms with Crippen molar-refractivity contribution < 1.29 is 4.79 Å². The normalized spacial score (nSPS) is 19.4. The molecule has 0 saturated carbocycles. The molecule has 100 valence electrons. The molecule has 0 aromatic carbocycles. The number of aromatic nitrogens is 3. The van der Waals surface area contributed by atoms with Gasteiger partial charge in [-0.05, 0) is 18.8 Å². The van der Waals surface area contributed by atoms with Crippen molar-refractivity contribution in [2.24, 2.45) is 11.7 Å². The fourth-order valence-electron chi connectivity index (χ4n) is 2.46. The molecule has 2 N–H and O–H groups in total. The van der Waals surface area contributed by atoms with Crippen LogP contribution < -0.4 is 5.73 Å². The Balaban J connectivity index is 1.94. The van der Waals surface area contributed by atoms with E-state index in [2.05, 4.69) is 17.2 Å². The smallest absolute Gasteiger partial charge is 0.276 e. The summed E-state index contributed by atoms with van der Waals surface area (Å²) in [6.45, 7) is 4.98. The van der Waals surface area contributed by atoms with Crippen LogP contribution in [0.4, 0.5) is 0 Å². The Morgan fingerprint density at radius 2 is 2.44 bits per heavy atom. The standard InChI is InChI=1S/C12H21N5O/c1-2-3-10-4-6-16(8-10)12(18)11-9-17(7-5-13)15-14-11/h9-10H,2-8,13H2,1H3. The number of carbonyl (C=O) groups is 1. The van der Waals surface area contributed by atoms with Gasteiger partial charge in [0, 0.05) is 19.6 Å². The van der Waals surface area contributed by atoms with E-state index in [1.54, 1.807) is 10.9 Å². The van der Waals surface area contributed by atoms with E-state index in [0.29, 0.717) is 24.7 Å². The number of nitrogens with two attached hydrogens (primary N) is 1. The summed E-state index contributed by atoms with van der Waals surface area (Å²) < 4.78 is 1.62. The van der Waals surface area contributed by atoms with Crippen molar-refractivity contribution in [3.05, 3.63) is 11.9 Å². The molecule has 0 bridgehead atoms. The summed E-state index contributed by atoms with van der Waals surface area (Å²) in [4.78, 5) is 14.1. The molecule has 6 heteroatoms. The molecule has 1 fully saturated rings. The van der Waals surface area contributed by atoms with E-state index in [0.717, 1.165) is 19.5 Å². The van der Waals surface area contributed by atoms with Gasteiger partial charge in [-0.3, -0.25) is 9.48 Å². The van der Waals surface area contributed by atoms with Gasteiger partial charge in [0.1, 0.15) is 0 Å². The summed E-state index contributed by atoms with van der Waals surface area (Å²) in [6.07, 6.45) is 5.17. The lowest BCUT2D eigenvalue weighted by molar-refractivity contribution is 0.0780. The van der Waals surface area contributed by atoms with Crippen LogP contribution in [0.3, 0.4) is 0 Å². The zero-order valence-corrected chi connectivity index (χ0v) is 10.9. The zero-order chi connectivity index (χ0) is 13.0. The van der Waals surface area contributed by atoms with Gasteiger partial charge in [-0.15, -0.1) is 5.10 Å². The first kappa shape index (κ1) is 13.0. The molecule has 2 heterocycles. The molecule has 1 amide bonds. The van der Waals surface area contributed by atoms with Crippen LogP contribution in [0.5, 0.6) is 0 Å². The second kappa shape index (κ2) is 5.95. The third-order valence-corrected chi connectivity index (χ3v) is 3.39. The minimum Gasteiger partial charge on any atom is -0.337 e. The Morgan fingerprint density at radius 3 is 3.17 bits per heavy atom. The van der Waals surface area contributed by atoms with Gasteiger partial charge in [-0.25, -0.2) is 0 Å². The Labute approximate surface area is 107 Å². The molecular weight excluding hydrogens is 230 g/mol. The van der Waals surface area contributed by atoms with Gasteiger partial charge < -0.3 is 10.6 Å². The van der Waals surface area contributed by atoms with Gasteiger partial charge in [0.15, 0.2) is 5.69 Å². The van der Waals surface area contributed by atoms with E-state index in [9.17, 15) is 4.79 Å². The first-order valence-electron chi connectivity index (χ1n) is 6.64. The molecule has 2 rings (SSSR count). The van der Waals surface area contributed by atoms with Crippen molar-refractivity contribution in [1.82, 2.24) is 19.9 Å². The first-order valence-corrected chi connectivity index (χ1v) is 6.64. The number of likely N-dealkylation sites (tertiary alicyclic amines) is 1. The highest BCUT2D eigenvalue weighted by molar-refractivity contribution is 5.92. The molecule has 0 radical (unpaired) electrons.